The predicted molar refractivity (Wildman–Crippen MR) is 77.6 cm³/mol. The monoisotopic (exact) mass is 261 g/mol. The Kier molecular flexibility index (Phi) is 3.82. The van der Waals surface area contributed by atoms with Crippen LogP contribution in [0.3, 0.4) is 0 Å². The Morgan fingerprint density at radius 3 is 2.89 bits per heavy atom. The van der Waals surface area contributed by atoms with Gasteiger partial charge in [0.1, 0.15) is 18.0 Å². The molecule has 19 heavy (non-hydrogen) atoms. The maximum Gasteiger partial charge on any atom is 0.134 e. The SMILES string of the molecule is CN(c1cc(NCC2CCCN2)ncn1)C1CCC1. The van der Waals surface area contributed by atoms with E-state index in [1.165, 1.54) is 32.1 Å². The quantitative estimate of drug-likeness (QED) is 0.843. The molecule has 0 aromatic carbocycles. The van der Waals surface area contributed by atoms with Crippen molar-refractivity contribution in [1.29, 1.82) is 0 Å². The Morgan fingerprint density at radius 2 is 2.21 bits per heavy atom. The minimum absolute atomic E-state index is 0.586. The summed E-state index contributed by atoms with van der Waals surface area (Å²) in [6, 6.07) is 3.31. The van der Waals surface area contributed by atoms with Gasteiger partial charge < -0.3 is 15.5 Å². The van der Waals surface area contributed by atoms with Gasteiger partial charge in [-0.2, -0.15) is 0 Å². The lowest BCUT2D eigenvalue weighted by atomic mass is 9.92. The molecule has 5 nitrogen and oxygen atoms in total. The van der Waals surface area contributed by atoms with Crippen molar-refractivity contribution in [2.45, 2.75) is 44.2 Å². The number of hydrogen-bond acceptors (Lipinski definition) is 5. The van der Waals surface area contributed by atoms with E-state index >= 15 is 0 Å². The van der Waals surface area contributed by atoms with Crippen molar-refractivity contribution in [1.82, 2.24) is 15.3 Å². The zero-order valence-electron chi connectivity index (χ0n) is 11.6. The van der Waals surface area contributed by atoms with Crippen LogP contribution < -0.4 is 15.5 Å². The Bertz CT molecular complexity index is 412. The fourth-order valence-corrected chi connectivity index (χ4v) is 2.76. The van der Waals surface area contributed by atoms with Crippen LogP contribution in [0.25, 0.3) is 0 Å². The fourth-order valence-electron chi connectivity index (χ4n) is 2.76. The smallest absolute Gasteiger partial charge is 0.134 e. The molecule has 1 unspecified atom stereocenters. The van der Waals surface area contributed by atoms with Gasteiger partial charge in [-0.25, -0.2) is 9.97 Å². The highest BCUT2D eigenvalue weighted by Gasteiger charge is 2.23. The molecule has 1 aliphatic heterocycles. The Morgan fingerprint density at radius 1 is 1.32 bits per heavy atom. The van der Waals surface area contributed by atoms with Crippen molar-refractivity contribution in [2.75, 3.05) is 30.4 Å². The molecule has 0 spiro atoms. The normalized spacial score (nSPS) is 23.1. The van der Waals surface area contributed by atoms with E-state index in [9.17, 15) is 0 Å². The first kappa shape index (κ1) is 12.7. The largest absolute Gasteiger partial charge is 0.368 e. The lowest BCUT2D eigenvalue weighted by Gasteiger charge is -2.35. The molecule has 1 aromatic rings. The van der Waals surface area contributed by atoms with Gasteiger partial charge in [-0.1, -0.05) is 0 Å². The maximum absolute atomic E-state index is 4.38. The average molecular weight is 261 g/mol. The summed E-state index contributed by atoms with van der Waals surface area (Å²) in [5.41, 5.74) is 0. The molecule has 0 bridgehead atoms. The van der Waals surface area contributed by atoms with Crippen LogP contribution >= 0.6 is 0 Å². The second kappa shape index (κ2) is 5.74. The molecule has 1 aliphatic carbocycles. The van der Waals surface area contributed by atoms with Gasteiger partial charge in [-0.3, -0.25) is 0 Å². The van der Waals surface area contributed by atoms with Crippen molar-refractivity contribution in [3.05, 3.63) is 12.4 Å². The Hall–Kier alpha value is -1.36. The van der Waals surface area contributed by atoms with Crippen LogP contribution in [-0.2, 0) is 0 Å². The lowest BCUT2D eigenvalue weighted by Crippen LogP contribution is -2.37. The number of anilines is 2. The summed E-state index contributed by atoms with van der Waals surface area (Å²) in [6.45, 7) is 2.09. The minimum Gasteiger partial charge on any atom is -0.368 e. The third-order valence-corrected chi connectivity index (χ3v) is 4.33. The summed E-state index contributed by atoms with van der Waals surface area (Å²) in [5, 5.41) is 6.90. The van der Waals surface area contributed by atoms with Gasteiger partial charge in [0.2, 0.25) is 0 Å². The number of rotatable bonds is 5. The summed E-state index contributed by atoms with van der Waals surface area (Å²) in [7, 11) is 2.13. The molecule has 1 saturated heterocycles. The Labute approximate surface area is 114 Å². The standard InChI is InChI=1S/C14H23N5/c1-19(12-5-2-6-12)14-8-13(17-10-18-14)16-9-11-4-3-7-15-11/h8,10-12,15H,2-7,9H2,1H3,(H,16,17,18). The minimum atomic E-state index is 0.586. The summed E-state index contributed by atoms with van der Waals surface area (Å²) in [6.07, 6.45) is 8.12. The van der Waals surface area contributed by atoms with E-state index in [0.29, 0.717) is 12.1 Å². The molecule has 104 valence electrons. The van der Waals surface area contributed by atoms with Crippen molar-refractivity contribution in [3.8, 4) is 0 Å². The van der Waals surface area contributed by atoms with E-state index in [0.717, 1.165) is 24.7 Å². The lowest BCUT2D eigenvalue weighted by molar-refractivity contribution is 0.399. The second-order valence-corrected chi connectivity index (χ2v) is 5.63. The van der Waals surface area contributed by atoms with Gasteiger partial charge in [0.25, 0.3) is 0 Å². The van der Waals surface area contributed by atoms with Crippen molar-refractivity contribution in [2.24, 2.45) is 0 Å². The zero-order valence-corrected chi connectivity index (χ0v) is 11.6. The highest BCUT2D eigenvalue weighted by Crippen LogP contribution is 2.27. The van der Waals surface area contributed by atoms with Crippen molar-refractivity contribution in [3.63, 3.8) is 0 Å². The fraction of sp³-hybridized carbons (Fsp3) is 0.714. The van der Waals surface area contributed by atoms with E-state index in [-0.39, 0.29) is 0 Å². The van der Waals surface area contributed by atoms with E-state index in [1.807, 2.05) is 0 Å². The molecule has 1 saturated carbocycles. The maximum atomic E-state index is 4.38. The van der Waals surface area contributed by atoms with Gasteiger partial charge in [0.15, 0.2) is 0 Å². The van der Waals surface area contributed by atoms with Gasteiger partial charge in [-0.15, -0.1) is 0 Å². The zero-order chi connectivity index (χ0) is 13.1. The van der Waals surface area contributed by atoms with E-state index in [2.05, 4.69) is 38.6 Å². The molecular weight excluding hydrogens is 238 g/mol. The summed E-state index contributed by atoms with van der Waals surface area (Å²) in [4.78, 5) is 11.0. The summed E-state index contributed by atoms with van der Waals surface area (Å²) in [5.74, 6) is 1.96. The van der Waals surface area contributed by atoms with Crippen LogP contribution in [0, 0.1) is 0 Å². The molecule has 2 N–H and O–H groups in total. The molecule has 0 amide bonds. The van der Waals surface area contributed by atoms with E-state index in [4.69, 9.17) is 0 Å². The van der Waals surface area contributed by atoms with Gasteiger partial charge in [-0.05, 0) is 38.6 Å². The van der Waals surface area contributed by atoms with Gasteiger partial charge in [0, 0.05) is 31.7 Å². The third kappa shape index (κ3) is 2.97. The molecule has 2 heterocycles. The van der Waals surface area contributed by atoms with Crippen LogP contribution in [0.5, 0.6) is 0 Å². The van der Waals surface area contributed by atoms with Gasteiger partial charge >= 0.3 is 0 Å². The molecule has 1 aromatic heterocycles. The van der Waals surface area contributed by atoms with Crippen LogP contribution in [0.1, 0.15) is 32.1 Å². The number of hydrogen-bond donors (Lipinski definition) is 2. The van der Waals surface area contributed by atoms with Crippen LogP contribution in [0.15, 0.2) is 12.4 Å². The van der Waals surface area contributed by atoms with Crippen molar-refractivity contribution < 1.29 is 0 Å². The summed E-state index contributed by atoms with van der Waals surface area (Å²) >= 11 is 0. The summed E-state index contributed by atoms with van der Waals surface area (Å²) < 4.78 is 0. The number of nitrogens with one attached hydrogen (secondary N) is 2. The number of aromatic nitrogens is 2. The molecule has 0 radical (unpaired) electrons. The molecule has 5 heteroatoms. The van der Waals surface area contributed by atoms with E-state index in [1.54, 1.807) is 6.33 Å². The topological polar surface area (TPSA) is 53.1 Å². The number of nitrogens with zero attached hydrogens (tertiary/aromatic N) is 3. The third-order valence-electron chi connectivity index (χ3n) is 4.33. The van der Waals surface area contributed by atoms with Crippen molar-refractivity contribution >= 4 is 11.6 Å². The highest BCUT2D eigenvalue weighted by atomic mass is 15.2. The van der Waals surface area contributed by atoms with Crippen LogP contribution in [0.2, 0.25) is 0 Å². The van der Waals surface area contributed by atoms with Gasteiger partial charge in [0.05, 0.1) is 0 Å². The predicted octanol–water partition coefficient (Wildman–Crippen LogP) is 1.63. The first-order valence-electron chi connectivity index (χ1n) is 7.35. The molecule has 2 fully saturated rings. The Balaban J connectivity index is 1.58. The average Bonchev–Trinajstić information content (AvgIpc) is 2.88. The van der Waals surface area contributed by atoms with Crippen LogP contribution in [0.4, 0.5) is 11.6 Å². The highest BCUT2D eigenvalue weighted by molar-refractivity contribution is 5.48. The van der Waals surface area contributed by atoms with Crippen LogP contribution in [-0.4, -0.2) is 42.2 Å². The van der Waals surface area contributed by atoms with E-state index < -0.39 is 0 Å². The molecule has 1 atom stereocenters. The first-order chi connectivity index (χ1) is 9.33. The first-order valence-corrected chi connectivity index (χ1v) is 7.35. The molecule has 2 aliphatic rings. The molecular formula is C14H23N5. The molecule has 3 rings (SSSR count). The second-order valence-electron chi connectivity index (χ2n) is 5.63.